The first kappa shape index (κ1) is 28.6. The van der Waals surface area contributed by atoms with Crippen LogP contribution in [-0.2, 0) is 33.2 Å². The van der Waals surface area contributed by atoms with Crippen LogP contribution in [0.5, 0.6) is 0 Å². The lowest BCUT2D eigenvalue weighted by Gasteiger charge is -2.17. The number of carboxylic acid groups (broad SMARTS) is 1. The molecule has 0 saturated carbocycles. The molecule has 2 heterocycles. The van der Waals surface area contributed by atoms with Crippen molar-refractivity contribution in [2.24, 2.45) is 0 Å². The predicted molar refractivity (Wildman–Crippen MR) is 141 cm³/mol. The number of nitrogens with one attached hydrogen (secondary N) is 2. The van der Waals surface area contributed by atoms with Crippen molar-refractivity contribution >= 4 is 35.2 Å². The van der Waals surface area contributed by atoms with Crippen LogP contribution in [0.3, 0.4) is 0 Å². The Hall–Kier alpha value is -4.00. The number of thioether (sulfide) groups is 1. The average molecular weight is 543 g/mol. The molecule has 0 aliphatic heterocycles. The highest BCUT2D eigenvalue weighted by Gasteiger charge is 2.24. The van der Waals surface area contributed by atoms with Crippen LogP contribution in [0.25, 0.3) is 0 Å². The molecule has 3 N–H and O–H groups in total. The van der Waals surface area contributed by atoms with E-state index in [-0.39, 0.29) is 24.0 Å². The predicted octanol–water partition coefficient (Wildman–Crippen LogP) is 2.13. The summed E-state index contributed by atoms with van der Waals surface area (Å²) in [5.74, 6) is -1.72. The van der Waals surface area contributed by atoms with Gasteiger partial charge in [-0.05, 0) is 18.4 Å². The lowest BCUT2D eigenvalue weighted by Crippen LogP contribution is -2.45. The second kappa shape index (κ2) is 13.5. The van der Waals surface area contributed by atoms with Crippen LogP contribution in [0.2, 0.25) is 0 Å². The van der Waals surface area contributed by atoms with Gasteiger partial charge in [0.15, 0.2) is 11.6 Å². The van der Waals surface area contributed by atoms with Gasteiger partial charge >= 0.3 is 5.97 Å². The molecule has 12 nitrogen and oxygen atoms in total. The summed E-state index contributed by atoms with van der Waals surface area (Å²) < 4.78 is 5.85. The Morgan fingerprint density at radius 2 is 1.89 bits per heavy atom. The van der Waals surface area contributed by atoms with E-state index in [1.165, 1.54) is 22.5 Å². The Bertz CT molecular complexity index is 1320. The molecule has 0 radical (unpaired) electrons. The number of benzene rings is 1. The summed E-state index contributed by atoms with van der Waals surface area (Å²) in [4.78, 5) is 54.3. The van der Waals surface area contributed by atoms with Crippen molar-refractivity contribution in [3.8, 4) is 0 Å². The van der Waals surface area contributed by atoms with E-state index in [0.717, 1.165) is 5.56 Å². The van der Waals surface area contributed by atoms with Crippen molar-refractivity contribution in [2.45, 2.75) is 58.0 Å². The number of amides is 1. The standard InChI is InChI=1S/C25H30N6O6S/c1-15(2)20-11-31(25(36)24(28-20)26-10-19-16(3)29-37-30-19)12-22(33)27-18(9-23(34)35)21(32)14-38-13-17-7-5-4-6-8-17/h4-8,11,15,18H,9-10,12-14H2,1-3H3,(H,26,28)(H,27,33)(H,34,35). The minimum Gasteiger partial charge on any atom is -0.481 e. The number of hydrogen-bond donors (Lipinski definition) is 3. The molecule has 2 aromatic heterocycles. The van der Waals surface area contributed by atoms with Crippen molar-refractivity contribution in [2.75, 3.05) is 11.1 Å². The fourth-order valence-corrected chi connectivity index (χ4v) is 4.34. The zero-order valence-electron chi connectivity index (χ0n) is 21.3. The van der Waals surface area contributed by atoms with E-state index < -0.39 is 42.2 Å². The number of ketones is 1. The molecule has 202 valence electrons. The summed E-state index contributed by atoms with van der Waals surface area (Å²) in [6.07, 6.45) is 0.918. The van der Waals surface area contributed by atoms with E-state index in [9.17, 15) is 24.3 Å². The molecule has 1 atom stereocenters. The highest BCUT2D eigenvalue weighted by atomic mass is 32.2. The van der Waals surface area contributed by atoms with Gasteiger partial charge in [-0.3, -0.25) is 19.2 Å². The highest BCUT2D eigenvalue weighted by molar-refractivity contribution is 7.99. The Morgan fingerprint density at radius 1 is 1.16 bits per heavy atom. The van der Waals surface area contributed by atoms with Crippen LogP contribution >= 0.6 is 11.8 Å². The molecule has 13 heteroatoms. The molecule has 0 spiro atoms. The van der Waals surface area contributed by atoms with Crippen molar-refractivity contribution in [1.29, 1.82) is 0 Å². The normalized spacial score (nSPS) is 11.8. The third-order valence-electron chi connectivity index (χ3n) is 5.53. The highest BCUT2D eigenvalue weighted by Crippen LogP contribution is 2.14. The first-order valence-electron chi connectivity index (χ1n) is 11.9. The molecule has 1 amide bonds. The van der Waals surface area contributed by atoms with Gasteiger partial charge in [-0.2, -0.15) is 0 Å². The van der Waals surface area contributed by atoms with Crippen molar-refractivity contribution in [1.82, 2.24) is 25.2 Å². The number of carbonyl (C=O) groups excluding carboxylic acids is 2. The Morgan fingerprint density at radius 3 is 2.53 bits per heavy atom. The molecule has 0 aliphatic carbocycles. The first-order valence-corrected chi connectivity index (χ1v) is 13.1. The van der Waals surface area contributed by atoms with Crippen LogP contribution in [-0.4, -0.2) is 54.4 Å². The smallest absolute Gasteiger partial charge is 0.305 e. The maximum atomic E-state index is 13.0. The second-order valence-corrected chi connectivity index (χ2v) is 9.90. The molecular formula is C25H30N6O6S. The number of hydrogen-bond acceptors (Lipinski definition) is 10. The molecular weight excluding hydrogens is 512 g/mol. The van der Waals surface area contributed by atoms with Crippen molar-refractivity contribution in [3.05, 3.63) is 69.5 Å². The van der Waals surface area contributed by atoms with Gasteiger partial charge in [-0.15, -0.1) is 11.8 Å². The van der Waals surface area contributed by atoms with E-state index in [1.54, 1.807) is 6.92 Å². The van der Waals surface area contributed by atoms with Gasteiger partial charge in [0.05, 0.1) is 30.5 Å². The largest absolute Gasteiger partial charge is 0.481 e. The van der Waals surface area contributed by atoms with E-state index in [2.05, 4.69) is 30.6 Å². The number of aryl methyl sites for hydroxylation is 1. The van der Waals surface area contributed by atoms with E-state index in [1.807, 2.05) is 44.2 Å². The number of aromatic nitrogens is 4. The van der Waals surface area contributed by atoms with Gasteiger partial charge in [0.25, 0.3) is 5.56 Å². The third-order valence-corrected chi connectivity index (χ3v) is 6.55. The molecule has 0 saturated heterocycles. The minimum absolute atomic E-state index is 0.0156. The summed E-state index contributed by atoms with van der Waals surface area (Å²) in [6.45, 7) is 5.22. The third kappa shape index (κ3) is 8.26. The summed E-state index contributed by atoms with van der Waals surface area (Å²) >= 11 is 1.33. The number of carbonyl (C=O) groups is 3. The Labute approximate surface area is 223 Å². The summed E-state index contributed by atoms with van der Waals surface area (Å²) in [5, 5.41) is 22.1. The number of nitrogens with zero attached hydrogens (tertiary/aromatic N) is 4. The summed E-state index contributed by atoms with van der Waals surface area (Å²) in [7, 11) is 0. The number of anilines is 1. The zero-order valence-corrected chi connectivity index (χ0v) is 22.2. The van der Waals surface area contributed by atoms with Crippen LogP contribution in [0.15, 0.2) is 46.0 Å². The van der Waals surface area contributed by atoms with Crippen LogP contribution < -0.4 is 16.2 Å². The topological polar surface area (TPSA) is 169 Å². The molecule has 3 aromatic rings. The van der Waals surface area contributed by atoms with E-state index in [4.69, 9.17) is 0 Å². The average Bonchev–Trinajstić information content (AvgIpc) is 3.28. The van der Waals surface area contributed by atoms with E-state index >= 15 is 0 Å². The Balaban J connectivity index is 1.69. The fraction of sp³-hybridized carbons (Fsp3) is 0.400. The van der Waals surface area contributed by atoms with Crippen molar-refractivity contribution < 1.29 is 24.1 Å². The monoisotopic (exact) mass is 542 g/mol. The van der Waals surface area contributed by atoms with Crippen LogP contribution in [0, 0.1) is 6.92 Å². The van der Waals surface area contributed by atoms with Gasteiger partial charge in [0.2, 0.25) is 5.91 Å². The Kier molecular flexibility index (Phi) is 10.2. The van der Waals surface area contributed by atoms with Gasteiger partial charge in [0, 0.05) is 11.9 Å². The zero-order chi connectivity index (χ0) is 27.7. The lowest BCUT2D eigenvalue weighted by atomic mass is 10.1. The van der Waals surface area contributed by atoms with Crippen molar-refractivity contribution in [3.63, 3.8) is 0 Å². The summed E-state index contributed by atoms with van der Waals surface area (Å²) in [6, 6.07) is 8.32. The number of rotatable bonds is 14. The van der Waals surface area contributed by atoms with Gasteiger partial charge in [0.1, 0.15) is 17.9 Å². The fourth-order valence-electron chi connectivity index (χ4n) is 3.41. The number of carboxylic acids is 1. The molecule has 38 heavy (non-hydrogen) atoms. The molecule has 1 aromatic carbocycles. The number of Topliss-reactive ketones (excluding diaryl/α,β-unsaturated/α-hetero) is 1. The first-order chi connectivity index (χ1) is 18.1. The molecule has 0 fully saturated rings. The van der Waals surface area contributed by atoms with Gasteiger partial charge in [-0.25, -0.2) is 9.61 Å². The second-order valence-electron chi connectivity index (χ2n) is 8.91. The van der Waals surface area contributed by atoms with E-state index in [0.29, 0.717) is 22.8 Å². The lowest BCUT2D eigenvalue weighted by molar-refractivity contribution is -0.139. The number of aliphatic carboxylic acids is 1. The van der Waals surface area contributed by atoms with Crippen LogP contribution in [0.1, 0.15) is 48.8 Å². The minimum atomic E-state index is -1.22. The molecule has 1 unspecified atom stereocenters. The maximum absolute atomic E-state index is 13.0. The SMILES string of the molecule is Cc1nonc1CNc1nc(C(C)C)cn(CC(=O)NC(CC(=O)O)C(=O)CSCc2ccccc2)c1=O. The van der Waals surface area contributed by atoms with Gasteiger partial charge in [-0.1, -0.05) is 54.5 Å². The quantitative estimate of drug-likeness (QED) is 0.273. The van der Waals surface area contributed by atoms with Crippen LogP contribution in [0.4, 0.5) is 5.82 Å². The molecule has 3 rings (SSSR count). The maximum Gasteiger partial charge on any atom is 0.305 e. The molecule has 0 bridgehead atoms. The van der Waals surface area contributed by atoms with Gasteiger partial charge < -0.3 is 20.3 Å². The summed E-state index contributed by atoms with van der Waals surface area (Å²) in [5.41, 5.74) is 2.10. The molecule has 0 aliphatic rings.